The molecule has 4 rings (SSSR count). The Morgan fingerprint density at radius 1 is 0.831 bits per heavy atom. The molecular weight excluding hydrogens is 831 g/mol. The predicted octanol–water partition coefficient (Wildman–Crippen LogP) is 7.25. The number of carbonyl (C=O) groups is 4. The normalized spacial score (nSPS) is 41.5. The maximum atomic E-state index is 14.5. The number of rotatable bonds is 6. The number of methoxy groups -OCH3 is 3. The number of fused-ring (bicyclic) bond motifs is 3. The van der Waals surface area contributed by atoms with Crippen LogP contribution in [-0.2, 0) is 42.9 Å². The van der Waals surface area contributed by atoms with Crippen LogP contribution in [0.4, 0.5) is 0 Å². The number of hydrogen-bond acceptors (Lipinski definition) is 12. The topological polar surface area (TPSA) is 178 Å². The van der Waals surface area contributed by atoms with Gasteiger partial charge in [0.2, 0.25) is 5.79 Å². The molecule has 0 aromatic rings. The SMILES string of the molecule is CO[C@H]1C[C@@H]2CC[C@@H](C)[C@@](O)(O2)C(=O)C(=O)N2CCCCC2C(=O)O[C@H]([C@H](C)C[C@@H]2CC[C@@H](O)[C@H](OC)C2)CC(C)[C@H](C)/C=C(\C)[C@@H](O)[C@@H](OC)C(=O)[C@H](C)C[C@H](C)/C=C/C=C/C=C/1C. The third-order valence-corrected chi connectivity index (χ3v) is 15.1. The number of nitrogens with zero attached hydrogens (tertiary/aromatic N) is 1. The van der Waals surface area contributed by atoms with Crippen molar-refractivity contribution in [3.05, 3.63) is 47.6 Å². The second-order valence-electron chi connectivity index (χ2n) is 20.2. The zero-order valence-corrected chi connectivity index (χ0v) is 41.3. The Balaban J connectivity index is 1.70. The fourth-order valence-electron chi connectivity index (χ4n) is 10.4. The highest BCUT2D eigenvalue weighted by Crippen LogP contribution is 2.38. The minimum atomic E-state index is -2.38. The lowest BCUT2D eigenvalue weighted by atomic mass is 9.77. The molecule has 3 fully saturated rings. The number of carbonyl (C=O) groups excluding carboxylic acids is 4. The van der Waals surface area contributed by atoms with Gasteiger partial charge in [0.15, 0.2) is 5.78 Å². The van der Waals surface area contributed by atoms with E-state index in [4.69, 9.17) is 23.7 Å². The summed E-state index contributed by atoms with van der Waals surface area (Å²) in [7, 11) is 4.65. The van der Waals surface area contributed by atoms with Crippen LogP contribution in [0, 0.1) is 41.4 Å². The first-order valence-electron chi connectivity index (χ1n) is 24.4. The number of aliphatic hydroxyl groups excluding tert-OH is 2. The molecule has 0 radical (unpaired) electrons. The third kappa shape index (κ3) is 14.5. The quantitative estimate of drug-likeness (QED) is 0.138. The summed E-state index contributed by atoms with van der Waals surface area (Å²) >= 11 is 0. The van der Waals surface area contributed by atoms with Gasteiger partial charge in [-0.05, 0) is 125 Å². The third-order valence-electron chi connectivity index (χ3n) is 15.1. The molecular formula is C52H83NO12. The summed E-state index contributed by atoms with van der Waals surface area (Å²) in [5.74, 6) is -6.22. The first kappa shape index (κ1) is 54.6. The Morgan fingerprint density at radius 3 is 2.23 bits per heavy atom. The standard InChI is InChI=1S/C52H83NO12/c1-31-17-13-12-14-18-32(2)43(61-9)30-40-22-20-38(8)52(60,65-40)49(57)50(58)53-24-16-15-19-41(53)51(59)64-44(35(5)27-39-21-23-42(54)45(29-39)62-10)28-34(4)33(3)26-37(7)47(56)48(63-11)46(55)36(6)25-31/h12-14,17-18,26,31,33-36,38-45,47-48,54,56,60H,15-16,19-25,27-30H2,1-11H3/b14-12+,17-13+,32-18+,37-26+/t31-,33-,34?,35-,36-,38-,39+,40+,41?,42-,43+,44+,45-,47-,48+,52-/m1/s1. The Morgan fingerprint density at radius 2 is 1.55 bits per heavy atom. The van der Waals surface area contributed by atoms with Gasteiger partial charge in [-0.1, -0.05) is 78.0 Å². The van der Waals surface area contributed by atoms with E-state index in [1.807, 2.05) is 64.2 Å². The molecule has 2 saturated heterocycles. The predicted molar refractivity (Wildman–Crippen MR) is 249 cm³/mol. The summed E-state index contributed by atoms with van der Waals surface area (Å²) in [5, 5.41) is 34.0. The molecule has 2 bridgehead atoms. The van der Waals surface area contributed by atoms with Gasteiger partial charge in [-0.3, -0.25) is 14.4 Å². The van der Waals surface area contributed by atoms with E-state index in [0.717, 1.165) is 12.0 Å². The number of ether oxygens (including phenoxy) is 5. The Bertz CT molecular complexity index is 1710. The highest BCUT2D eigenvalue weighted by Gasteiger charge is 2.53. The van der Waals surface area contributed by atoms with E-state index in [2.05, 4.69) is 13.8 Å². The van der Waals surface area contributed by atoms with Crippen molar-refractivity contribution >= 4 is 23.4 Å². The Labute approximate surface area is 389 Å². The molecule has 3 heterocycles. The molecule has 1 saturated carbocycles. The molecule has 4 aliphatic rings. The molecule has 368 valence electrons. The minimum absolute atomic E-state index is 0.0554. The van der Waals surface area contributed by atoms with E-state index in [1.54, 1.807) is 28.1 Å². The van der Waals surface area contributed by atoms with Crippen molar-refractivity contribution in [1.29, 1.82) is 0 Å². The van der Waals surface area contributed by atoms with Gasteiger partial charge in [-0.2, -0.15) is 0 Å². The van der Waals surface area contributed by atoms with Gasteiger partial charge in [0, 0.05) is 46.1 Å². The lowest BCUT2D eigenvalue weighted by Gasteiger charge is -2.43. The van der Waals surface area contributed by atoms with Crippen LogP contribution in [0.3, 0.4) is 0 Å². The summed E-state index contributed by atoms with van der Waals surface area (Å²) < 4.78 is 29.8. The van der Waals surface area contributed by atoms with Crippen LogP contribution >= 0.6 is 0 Å². The van der Waals surface area contributed by atoms with E-state index in [1.165, 1.54) is 12.0 Å². The molecule has 1 aliphatic carbocycles. The van der Waals surface area contributed by atoms with Crippen LogP contribution in [0.25, 0.3) is 0 Å². The van der Waals surface area contributed by atoms with Crippen molar-refractivity contribution in [1.82, 2.24) is 4.90 Å². The van der Waals surface area contributed by atoms with Crippen molar-refractivity contribution in [3.63, 3.8) is 0 Å². The van der Waals surface area contributed by atoms with Crippen molar-refractivity contribution in [2.24, 2.45) is 41.4 Å². The summed E-state index contributed by atoms with van der Waals surface area (Å²) in [6, 6.07) is -1.03. The average Bonchev–Trinajstić information content (AvgIpc) is 3.28. The van der Waals surface area contributed by atoms with Gasteiger partial charge < -0.3 is 43.9 Å². The van der Waals surface area contributed by atoms with Gasteiger partial charge in [-0.25, -0.2) is 4.79 Å². The number of hydrogen-bond donors (Lipinski definition) is 3. The number of Topliss-reactive ketones (excluding diaryl/α,β-unsaturated/α-hetero) is 2. The van der Waals surface area contributed by atoms with Crippen LogP contribution < -0.4 is 0 Å². The van der Waals surface area contributed by atoms with E-state index >= 15 is 0 Å². The molecule has 13 heteroatoms. The number of piperidine rings is 1. The second-order valence-corrected chi connectivity index (χ2v) is 20.2. The molecule has 0 aromatic carbocycles. The molecule has 1 amide bonds. The molecule has 13 nitrogen and oxygen atoms in total. The van der Waals surface area contributed by atoms with Gasteiger partial charge >= 0.3 is 5.97 Å². The minimum Gasteiger partial charge on any atom is -0.461 e. The highest BCUT2D eigenvalue weighted by molar-refractivity contribution is 6.39. The smallest absolute Gasteiger partial charge is 0.329 e. The molecule has 0 aromatic heterocycles. The molecule has 3 N–H and O–H groups in total. The lowest BCUT2D eigenvalue weighted by molar-refractivity contribution is -0.265. The van der Waals surface area contributed by atoms with Crippen LogP contribution in [0.1, 0.15) is 132 Å². The second kappa shape index (κ2) is 25.4. The first-order chi connectivity index (χ1) is 30.7. The van der Waals surface area contributed by atoms with Gasteiger partial charge in [-0.15, -0.1) is 0 Å². The number of ketones is 2. The van der Waals surface area contributed by atoms with E-state index in [9.17, 15) is 34.5 Å². The Hall–Kier alpha value is -3.04. The van der Waals surface area contributed by atoms with Crippen LogP contribution in [0.2, 0.25) is 0 Å². The zero-order chi connectivity index (χ0) is 48.2. The number of aliphatic hydroxyl groups is 3. The monoisotopic (exact) mass is 914 g/mol. The molecule has 2 unspecified atom stereocenters. The molecule has 0 spiro atoms. The van der Waals surface area contributed by atoms with Crippen molar-refractivity contribution in [2.75, 3.05) is 27.9 Å². The van der Waals surface area contributed by atoms with E-state index in [0.29, 0.717) is 76.2 Å². The van der Waals surface area contributed by atoms with Crippen LogP contribution in [0.15, 0.2) is 47.6 Å². The van der Waals surface area contributed by atoms with Gasteiger partial charge in [0.05, 0.1) is 24.4 Å². The number of cyclic esters (lactones) is 1. The molecule has 3 aliphatic heterocycles. The average molecular weight is 914 g/mol. The van der Waals surface area contributed by atoms with E-state index in [-0.39, 0.29) is 53.9 Å². The van der Waals surface area contributed by atoms with Crippen molar-refractivity contribution in [2.45, 2.75) is 187 Å². The van der Waals surface area contributed by atoms with Gasteiger partial charge in [0.25, 0.3) is 11.7 Å². The fourth-order valence-corrected chi connectivity index (χ4v) is 10.4. The van der Waals surface area contributed by atoms with E-state index < -0.39 is 72.0 Å². The summed E-state index contributed by atoms with van der Waals surface area (Å²) in [5.41, 5.74) is 1.51. The fraction of sp³-hybridized carbons (Fsp3) is 0.769. The maximum absolute atomic E-state index is 14.5. The summed E-state index contributed by atoms with van der Waals surface area (Å²) in [6.07, 6.45) is 13.8. The Kier molecular flexibility index (Phi) is 21.3. The molecule has 65 heavy (non-hydrogen) atoms. The first-order valence-corrected chi connectivity index (χ1v) is 24.4. The van der Waals surface area contributed by atoms with Crippen LogP contribution in [0.5, 0.6) is 0 Å². The van der Waals surface area contributed by atoms with Gasteiger partial charge in [0.1, 0.15) is 24.4 Å². The number of allylic oxidation sites excluding steroid dienone is 6. The van der Waals surface area contributed by atoms with Crippen molar-refractivity contribution < 1.29 is 58.2 Å². The number of amides is 1. The number of esters is 1. The molecule has 16 atom stereocenters. The largest absolute Gasteiger partial charge is 0.461 e. The zero-order valence-electron chi connectivity index (χ0n) is 41.3. The van der Waals surface area contributed by atoms with Crippen LogP contribution in [-0.4, -0.2) is 126 Å². The maximum Gasteiger partial charge on any atom is 0.329 e. The summed E-state index contributed by atoms with van der Waals surface area (Å²) in [4.78, 5) is 58.0. The lowest BCUT2D eigenvalue weighted by Crippen LogP contribution is -2.61. The van der Waals surface area contributed by atoms with Crippen molar-refractivity contribution in [3.8, 4) is 0 Å². The summed E-state index contributed by atoms with van der Waals surface area (Å²) in [6.45, 7) is 15.7. The highest BCUT2D eigenvalue weighted by atomic mass is 16.6.